The number of carbonyl (C=O) groups is 1. The maximum Gasteiger partial charge on any atom is 0.325 e. The van der Waals surface area contributed by atoms with Crippen molar-refractivity contribution in [1.29, 1.82) is 0 Å². The van der Waals surface area contributed by atoms with Crippen LogP contribution in [0.4, 0.5) is 11.4 Å². The zero-order chi connectivity index (χ0) is 25.8. The van der Waals surface area contributed by atoms with Crippen molar-refractivity contribution in [3.63, 3.8) is 0 Å². The summed E-state index contributed by atoms with van der Waals surface area (Å²) in [4.78, 5) is 33.5. The minimum Gasteiger partial charge on any atom is -0.496 e. The van der Waals surface area contributed by atoms with E-state index in [1.54, 1.807) is 16.7 Å². The fourth-order valence-electron chi connectivity index (χ4n) is 4.67. The smallest absolute Gasteiger partial charge is 0.325 e. The molecular formula is C27H34N5O3S+. The lowest BCUT2D eigenvalue weighted by molar-refractivity contribution is -0.763. The van der Waals surface area contributed by atoms with E-state index in [4.69, 9.17) is 9.84 Å². The summed E-state index contributed by atoms with van der Waals surface area (Å²) in [6.07, 6.45) is 1.39. The third-order valence-corrected chi connectivity index (χ3v) is 7.41. The molecule has 3 aromatic rings. The third-order valence-electron chi connectivity index (χ3n) is 6.46. The van der Waals surface area contributed by atoms with E-state index in [2.05, 4.69) is 30.7 Å². The van der Waals surface area contributed by atoms with Gasteiger partial charge in [0.2, 0.25) is 11.1 Å². The fraction of sp³-hybridized carbons (Fsp3) is 0.407. The van der Waals surface area contributed by atoms with Crippen LogP contribution >= 0.6 is 11.8 Å². The first kappa shape index (κ1) is 25.8. The van der Waals surface area contributed by atoms with Gasteiger partial charge in [0.25, 0.3) is 6.17 Å². The monoisotopic (exact) mass is 508 g/mol. The lowest BCUT2D eigenvalue weighted by atomic mass is 10.0. The predicted molar refractivity (Wildman–Crippen MR) is 144 cm³/mol. The number of aromatic nitrogens is 3. The predicted octanol–water partition coefficient (Wildman–Crippen LogP) is 4.38. The van der Waals surface area contributed by atoms with Gasteiger partial charge in [0, 0.05) is 42.6 Å². The Kier molecular flexibility index (Phi) is 7.98. The van der Waals surface area contributed by atoms with Crippen molar-refractivity contribution < 1.29 is 14.2 Å². The number of para-hydroxylation sites is 1. The van der Waals surface area contributed by atoms with Gasteiger partial charge in [0.15, 0.2) is 0 Å². The highest BCUT2D eigenvalue weighted by Crippen LogP contribution is 2.40. The number of thioether (sulfide) groups is 1. The molecule has 2 aromatic carbocycles. The zero-order valence-corrected chi connectivity index (χ0v) is 22.4. The van der Waals surface area contributed by atoms with Crippen LogP contribution < -0.4 is 24.8 Å². The number of H-pyrrole nitrogens is 1. The van der Waals surface area contributed by atoms with Crippen LogP contribution in [0.5, 0.6) is 5.75 Å². The van der Waals surface area contributed by atoms with Gasteiger partial charge in [-0.15, -0.1) is 0 Å². The molecular weight excluding hydrogens is 474 g/mol. The first-order valence-electron chi connectivity index (χ1n) is 12.5. The topological polar surface area (TPSA) is 82.4 Å². The number of hydrogen-bond donors (Lipinski definition) is 1. The van der Waals surface area contributed by atoms with Gasteiger partial charge in [0.05, 0.1) is 23.9 Å². The molecule has 0 spiro atoms. The Bertz CT molecular complexity index is 1300. The van der Waals surface area contributed by atoms with E-state index in [-0.39, 0.29) is 11.5 Å². The van der Waals surface area contributed by atoms with Crippen LogP contribution in [-0.2, 0) is 4.79 Å². The van der Waals surface area contributed by atoms with Crippen LogP contribution in [0.25, 0.3) is 11.3 Å². The largest absolute Gasteiger partial charge is 0.496 e. The average molecular weight is 509 g/mol. The molecule has 0 fully saturated rings. The van der Waals surface area contributed by atoms with Crippen LogP contribution in [0.3, 0.4) is 0 Å². The molecule has 2 heterocycles. The minimum absolute atomic E-state index is 0.150. The molecule has 0 unspecified atom stereocenters. The Morgan fingerprint density at radius 3 is 2.61 bits per heavy atom. The van der Waals surface area contributed by atoms with E-state index in [0.29, 0.717) is 27.9 Å². The molecule has 1 amide bonds. The van der Waals surface area contributed by atoms with Crippen LogP contribution in [0.2, 0.25) is 0 Å². The van der Waals surface area contributed by atoms with Crippen LogP contribution in [0.15, 0.2) is 52.4 Å². The lowest BCUT2D eigenvalue weighted by Crippen LogP contribution is -2.60. The lowest BCUT2D eigenvalue weighted by Gasteiger charge is -2.32. The Morgan fingerprint density at radius 1 is 1.19 bits per heavy atom. The van der Waals surface area contributed by atoms with Crippen LogP contribution in [-0.4, -0.2) is 41.9 Å². The van der Waals surface area contributed by atoms with E-state index in [1.807, 2.05) is 42.5 Å². The van der Waals surface area contributed by atoms with Gasteiger partial charge in [-0.05, 0) is 49.2 Å². The molecule has 0 saturated heterocycles. The number of aromatic amines is 1. The van der Waals surface area contributed by atoms with Crippen LogP contribution in [0.1, 0.15) is 52.3 Å². The molecule has 190 valence electrons. The number of hydrogen-bond acceptors (Lipinski definition) is 6. The van der Waals surface area contributed by atoms with Gasteiger partial charge in [-0.3, -0.25) is 14.6 Å². The molecule has 36 heavy (non-hydrogen) atoms. The summed E-state index contributed by atoms with van der Waals surface area (Å²) < 4.78 is 7.54. The van der Waals surface area contributed by atoms with Gasteiger partial charge >= 0.3 is 11.3 Å². The van der Waals surface area contributed by atoms with Crippen molar-refractivity contribution in [3.8, 4) is 17.0 Å². The van der Waals surface area contributed by atoms with Gasteiger partial charge in [0.1, 0.15) is 5.75 Å². The maximum atomic E-state index is 13.4. The van der Waals surface area contributed by atoms with Crippen molar-refractivity contribution in [2.45, 2.75) is 51.9 Å². The van der Waals surface area contributed by atoms with Crippen molar-refractivity contribution in [2.75, 3.05) is 35.8 Å². The molecule has 1 aromatic heterocycles. The number of ether oxygens (including phenoxy) is 1. The van der Waals surface area contributed by atoms with Gasteiger partial charge in [-0.25, -0.2) is 4.90 Å². The second-order valence-corrected chi connectivity index (χ2v) is 9.72. The molecule has 1 aliphatic heterocycles. The summed E-state index contributed by atoms with van der Waals surface area (Å²) in [5.41, 5.74) is 3.31. The molecule has 8 nitrogen and oxygen atoms in total. The SMILES string of the molecule is CCCCSc1n[n+]2c(c(=O)[nH]1)-c1ccccc1N(C(C)=O)[C@@H]2c1ccc(N(CC)CC)cc1OC. The Balaban J connectivity index is 1.97. The van der Waals surface area contributed by atoms with E-state index in [9.17, 15) is 9.59 Å². The molecule has 0 saturated carbocycles. The highest BCUT2D eigenvalue weighted by molar-refractivity contribution is 7.99. The van der Waals surface area contributed by atoms with E-state index < -0.39 is 6.17 Å². The highest BCUT2D eigenvalue weighted by Gasteiger charge is 2.46. The number of carbonyl (C=O) groups excluding carboxylic acids is 1. The zero-order valence-electron chi connectivity index (χ0n) is 21.6. The molecule has 0 aliphatic carbocycles. The number of rotatable bonds is 9. The number of methoxy groups -OCH3 is 1. The summed E-state index contributed by atoms with van der Waals surface area (Å²) in [7, 11) is 1.63. The normalized spacial score (nSPS) is 14.2. The van der Waals surface area contributed by atoms with E-state index in [0.717, 1.165) is 42.9 Å². The second-order valence-electron chi connectivity index (χ2n) is 8.63. The van der Waals surface area contributed by atoms with Crippen molar-refractivity contribution in [3.05, 3.63) is 58.4 Å². The van der Waals surface area contributed by atoms with E-state index in [1.165, 1.54) is 18.7 Å². The number of nitrogens with zero attached hydrogens (tertiary/aromatic N) is 4. The standard InChI is InChI=1S/C27H33N5O3S/c1-6-9-16-36-27-28-25(34)24-20-12-10-11-13-22(20)31(18(4)33)26(32(24)29-27)21-15-14-19(17-23(21)35-5)30(7-2)8-3/h10-15,17,26H,6-9,16H2,1-5H3/p+1/t26-/m0/s1. The van der Waals surface area contributed by atoms with Crippen molar-refractivity contribution in [2.24, 2.45) is 0 Å². The molecule has 1 N–H and O–H groups in total. The number of unbranched alkanes of at least 4 members (excludes halogenated alkanes) is 1. The number of benzene rings is 2. The molecule has 0 radical (unpaired) electrons. The summed E-state index contributed by atoms with van der Waals surface area (Å²) in [6, 6.07) is 13.5. The minimum atomic E-state index is -0.680. The summed E-state index contributed by atoms with van der Waals surface area (Å²) >= 11 is 1.51. The summed E-state index contributed by atoms with van der Waals surface area (Å²) in [5.74, 6) is 1.33. The maximum absolute atomic E-state index is 13.4. The number of fused-ring (bicyclic) bond motifs is 3. The summed E-state index contributed by atoms with van der Waals surface area (Å²) in [6.45, 7) is 9.61. The average Bonchev–Trinajstić information content (AvgIpc) is 2.88. The number of amides is 1. The Labute approximate surface area is 216 Å². The number of anilines is 2. The first-order chi connectivity index (χ1) is 17.4. The Hall–Kier alpha value is -3.33. The summed E-state index contributed by atoms with van der Waals surface area (Å²) in [5, 5.41) is 5.40. The van der Waals surface area contributed by atoms with Crippen molar-refractivity contribution >= 4 is 29.0 Å². The number of nitrogens with one attached hydrogen (secondary N) is 1. The first-order valence-corrected chi connectivity index (χ1v) is 13.4. The fourth-order valence-corrected chi connectivity index (χ4v) is 5.61. The van der Waals surface area contributed by atoms with Gasteiger partial charge < -0.3 is 9.64 Å². The van der Waals surface area contributed by atoms with Gasteiger partial charge in [-0.2, -0.15) is 0 Å². The van der Waals surface area contributed by atoms with Crippen molar-refractivity contribution in [1.82, 2.24) is 10.1 Å². The molecule has 4 rings (SSSR count). The van der Waals surface area contributed by atoms with Crippen LogP contribution in [0, 0.1) is 0 Å². The van der Waals surface area contributed by atoms with E-state index >= 15 is 0 Å². The second kappa shape index (κ2) is 11.2. The van der Waals surface area contributed by atoms with Gasteiger partial charge in [-0.1, -0.05) is 37.2 Å². The highest BCUT2D eigenvalue weighted by atomic mass is 32.2. The Morgan fingerprint density at radius 2 is 1.94 bits per heavy atom. The molecule has 1 atom stereocenters. The quantitative estimate of drug-likeness (QED) is 0.262. The third kappa shape index (κ3) is 4.72. The molecule has 1 aliphatic rings. The molecule has 9 heteroatoms. The molecule has 0 bridgehead atoms.